The fourth-order valence-corrected chi connectivity index (χ4v) is 3.19. The van der Waals surface area contributed by atoms with Gasteiger partial charge < -0.3 is 10.0 Å². The van der Waals surface area contributed by atoms with Crippen LogP contribution in [0, 0.1) is 0 Å². The van der Waals surface area contributed by atoms with E-state index >= 15 is 0 Å². The van der Waals surface area contributed by atoms with Crippen molar-refractivity contribution in [3.8, 4) is 0 Å². The van der Waals surface area contributed by atoms with Gasteiger partial charge in [-0.2, -0.15) is 0 Å². The molecule has 1 fully saturated rings. The van der Waals surface area contributed by atoms with Gasteiger partial charge in [0.2, 0.25) is 5.91 Å². The van der Waals surface area contributed by atoms with Crippen LogP contribution in [0.3, 0.4) is 0 Å². The minimum absolute atomic E-state index is 0.0538. The van der Waals surface area contributed by atoms with Crippen molar-refractivity contribution >= 4 is 23.5 Å². The van der Waals surface area contributed by atoms with E-state index in [9.17, 15) is 9.59 Å². The van der Waals surface area contributed by atoms with Crippen molar-refractivity contribution < 1.29 is 14.7 Å². The number of carbonyl (C=O) groups excluding carboxylic acids is 1. The summed E-state index contributed by atoms with van der Waals surface area (Å²) in [5.74, 6) is -1.02. The Morgan fingerprint density at radius 2 is 2.17 bits per heavy atom. The van der Waals surface area contributed by atoms with Crippen LogP contribution < -0.4 is 0 Å². The number of hydrogen-bond acceptors (Lipinski definition) is 2. The maximum Gasteiger partial charge on any atom is 0.331 e. The van der Waals surface area contributed by atoms with Gasteiger partial charge in [0.05, 0.1) is 12.1 Å². The highest BCUT2D eigenvalue weighted by Crippen LogP contribution is 2.38. The second-order valence-electron chi connectivity index (χ2n) is 5.66. The highest BCUT2D eigenvalue weighted by Gasteiger charge is 2.36. The van der Waals surface area contributed by atoms with Gasteiger partial charge in [-0.05, 0) is 37.5 Å². The summed E-state index contributed by atoms with van der Waals surface area (Å²) in [6.45, 7) is 5.17. The smallest absolute Gasteiger partial charge is 0.331 e. The molecule has 0 spiro atoms. The fourth-order valence-electron chi connectivity index (χ4n) is 2.99. The predicted molar refractivity (Wildman–Crippen MR) is 90.3 cm³/mol. The molecule has 1 amide bonds. The Balaban J connectivity index is 2.36. The lowest BCUT2D eigenvalue weighted by Crippen LogP contribution is -2.36. The fraction of sp³-hybridized carbons (Fsp3) is 0.333. The third kappa shape index (κ3) is 4.02. The van der Waals surface area contributed by atoms with Gasteiger partial charge in [-0.3, -0.25) is 4.79 Å². The molecule has 2 rings (SSSR count). The van der Waals surface area contributed by atoms with Gasteiger partial charge in [0.1, 0.15) is 0 Å². The second-order valence-corrected chi connectivity index (χ2v) is 6.10. The van der Waals surface area contributed by atoms with Crippen LogP contribution in [0.2, 0.25) is 5.02 Å². The molecule has 0 aliphatic carbocycles. The minimum atomic E-state index is -0.965. The summed E-state index contributed by atoms with van der Waals surface area (Å²) >= 11 is 6.06. The number of amides is 1. The maximum absolute atomic E-state index is 12.5. The number of carboxylic acid groups (broad SMARTS) is 1. The van der Waals surface area contributed by atoms with Gasteiger partial charge in [0.25, 0.3) is 0 Å². The van der Waals surface area contributed by atoms with Crippen molar-refractivity contribution in [2.45, 2.75) is 38.3 Å². The molecule has 122 valence electrons. The summed E-state index contributed by atoms with van der Waals surface area (Å²) in [5.41, 5.74) is 1.22. The highest BCUT2D eigenvalue weighted by molar-refractivity contribution is 6.30. The number of carboxylic acids is 1. The molecule has 1 aliphatic rings. The molecule has 1 aromatic rings. The molecule has 0 aromatic heterocycles. The number of carbonyl (C=O) groups is 2. The van der Waals surface area contributed by atoms with Crippen molar-refractivity contribution in [1.82, 2.24) is 4.90 Å². The lowest BCUT2D eigenvalue weighted by molar-refractivity contribution is -0.134. The van der Waals surface area contributed by atoms with Gasteiger partial charge >= 0.3 is 5.97 Å². The molecule has 1 saturated heterocycles. The van der Waals surface area contributed by atoms with Crippen LogP contribution in [0.15, 0.2) is 48.6 Å². The SMILES string of the molecule is C=CCC(=O)N1[C@@H](C=C(C)C(=O)O)CC[C@H]1c1cccc(Cl)c1. The van der Waals surface area contributed by atoms with Crippen molar-refractivity contribution in [2.24, 2.45) is 0 Å². The number of aliphatic carboxylic acids is 1. The normalized spacial score (nSPS) is 21.3. The molecule has 0 radical (unpaired) electrons. The summed E-state index contributed by atoms with van der Waals surface area (Å²) in [6.07, 6.45) is 4.96. The Morgan fingerprint density at radius 1 is 1.43 bits per heavy atom. The summed E-state index contributed by atoms with van der Waals surface area (Å²) < 4.78 is 0. The van der Waals surface area contributed by atoms with Crippen molar-refractivity contribution in [1.29, 1.82) is 0 Å². The molecule has 1 aromatic carbocycles. The van der Waals surface area contributed by atoms with Crippen LogP contribution in [-0.4, -0.2) is 27.9 Å². The van der Waals surface area contributed by atoms with Crippen molar-refractivity contribution in [3.63, 3.8) is 0 Å². The topological polar surface area (TPSA) is 57.6 Å². The molecule has 1 heterocycles. The van der Waals surface area contributed by atoms with E-state index in [2.05, 4.69) is 6.58 Å². The first kappa shape index (κ1) is 17.3. The molecule has 0 saturated carbocycles. The zero-order valence-corrected chi connectivity index (χ0v) is 13.8. The Bertz CT molecular complexity index is 653. The minimum Gasteiger partial charge on any atom is -0.478 e. The molecule has 23 heavy (non-hydrogen) atoms. The van der Waals surface area contributed by atoms with E-state index in [-0.39, 0.29) is 30.0 Å². The molecule has 0 bridgehead atoms. The largest absolute Gasteiger partial charge is 0.478 e. The molecule has 4 nitrogen and oxygen atoms in total. The third-order valence-electron chi connectivity index (χ3n) is 4.05. The van der Waals surface area contributed by atoms with Crippen molar-refractivity contribution in [2.75, 3.05) is 0 Å². The number of rotatable bonds is 5. The summed E-state index contributed by atoms with van der Waals surface area (Å²) in [6, 6.07) is 7.14. The number of halogens is 1. The van der Waals surface area contributed by atoms with Gasteiger partial charge in [-0.25, -0.2) is 4.79 Å². The number of hydrogen-bond donors (Lipinski definition) is 1. The van der Waals surface area contributed by atoms with E-state index in [0.29, 0.717) is 5.02 Å². The van der Waals surface area contributed by atoms with Crippen LogP contribution in [0.25, 0.3) is 0 Å². The van der Waals surface area contributed by atoms with E-state index in [0.717, 1.165) is 18.4 Å². The summed E-state index contributed by atoms with van der Waals surface area (Å²) in [5, 5.41) is 9.71. The number of nitrogens with zero attached hydrogens (tertiary/aromatic N) is 1. The van der Waals surface area contributed by atoms with Crippen LogP contribution in [-0.2, 0) is 9.59 Å². The van der Waals surface area contributed by atoms with Gasteiger partial charge in [-0.15, -0.1) is 6.58 Å². The monoisotopic (exact) mass is 333 g/mol. The van der Waals surface area contributed by atoms with Crippen LogP contribution >= 0.6 is 11.6 Å². The van der Waals surface area contributed by atoms with Gasteiger partial charge in [0, 0.05) is 17.0 Å². The van der Waals surface area contributed by atoms with E-state index in [1.54, 1.807) is 30.0 Å². The van der Waals surface area contributed by atoms with Crippen LogP contribution in [0.4, 0.5) is 0 Å². The summed E-state index contributed by atoms with van der Waals surface area (Å²) in [4.78, 5) is 25.4. The first-order valence-corrected chi connectivity index (χ1v) is 7.91. The lowest BCUT2D eigenvalue weighted by atomic mass is 10.0. The van der Waals surface area contributed by atoms with Crippen LogP contribution in [0.5, 0.6) is 0 Å². The Morgan fingerprint density at radius 3 is 2.78 bits per heavy atom. The Labute approximate surface area is 141 Å². The van der Waals surface area contributed by atoms with Crippen LogP contribution in [0.1, 0.15) is 37.8 Å². The zero-order valence-electron chi connectivity index (χ0n) is 13.0. The molecule has 1 aliphatic heterocycles. The quantitative estimate of drug-likeness (QED) is 0.655. The molecule has 0 unspecified atom stereocenters. The van der Waals surface area contributed by atoms with E-state index in [1.807, 2.05) is 18.2 Å². The second kappa shape index (κ2) is 7.47. The molecule has 5 heteroatoms. The average molecular weight is 334 g/mol. The number of benzene rings is 1. The molecular weight excluding hydrogens is 314 g/mol. The van der Waals surface area contributed by atoms with Crippen molar-refractivity contribution in [3.05, 3.63) is 59.2 Å². The third-order valence-corrected chi connectivity index (χ3v) is 4.28. The highest BCUT2D eigenvalue weighted by atomic mass is 35.5. The molecular formula is C18H20ClNO3. The summed E-state index contributed by atoms with van der Waals surface area (Å²) in [7, 11) is 0. The first-order valence-electron chi connectivity index (χ1n) is 7.53. The van der Waals surface area contributed by atoms with Gasteiger partial charge in [-0.1, -0.05) is 35.9 Å². The Hall–Kier alpha value is -2.07. The van der Waals surface area contributed by atoms with E-state index < -0.39 is 5.97 Å². The van der Waals surface area contributed by atoms with Gasteiger partial charge in [0.15, 0.2) is 0 Å². The molecule has 2 atom stereocenters. The van der Waals surface area contributed by atoms with E-state index in [4.69, 9.17) is 16.7 Å². The lowest BCUT2D eigenvalue weighted by Gasteiger charge is -2.29. The molecule has 1 N–H and O–H groups in total. The first-order chi connectivity index (χ1) is 10.9. The Kier molecular flexibility index (Phi) is 5.61. The number of likely N-dealkylation sites (tertiary alicyclic amines) is 1. The predicted octanol–water partition coefficient (Wildman–Crippen LogP) is 3.98. The maximum atomic E-state index is 12.5. The average Bonchev–Trinajstić information content (AvgIpc) is 2.91. The zero-order chi connectivity index (χ0) is 17.0. The standard InChI is InChI=1S/C18H20ClNO3/c1-3-5-17(21)20-15(10-12(2)18(22)23)8-9-16(20)13-6-4-7-14(19)11-13/h3-4,6-7,10-11,15-16H,1,5,8-9H2,2H3,(H,22,23)/t15-,16+/m1/s1. The van der Waals surface area contributed by atoms with E-state index in [1.165, 1.54) is 0 Å².